The van der Waals surface area contributed by atoms with Gasteiger partial charge < -0.3 is 10.1 Å². The van der Waals surface area contributed by atoms with Gasteiger partial charge in [-0.25, -0.2) is 0 Å². The average Bonchev–Trinajstić information content (AvgIpc) is 2.46. The van der Waals surface area contributed by atoms with Gasteiger partial charge in [-0.1, -0.05) is 44.7 Å². The van der Waals surface area contributed by atoms with Crippen LogP contribution in [0.25, 0.3) is 0 Å². The number of para-hydroxylation sites is 2. The zero-order valence-electron chi connectivity index (χ0n) is 12.0. The number of hydrogen-bond acceptors (Lipinski definition) is 3. The van der Waals surface area contributed by atoms with E-state index in [1.54, 1.807) is 12.1 Å². The van der Waals surface area contributed by atoms with Crippen molar-refractivity contribution in [2.24, 2.45) is 0 Å². The van der Waals surface area contributed by atoms with Crippen molar-refractivity contribution in [3.8, 4) is 11.8 Å². The fraction of sp³-hybridized carbons (Fsp3) is 0.500. The monoisotopic (exact) mass is 274 g/mol. The predicted octanol–water partition coefficient (Wildman–Crippen LogP) is 3.89. The van der Waals surface area contributed by atoms with Crippen LogP contribution in [0.4, 0.5) is 5.69 Å². The lowest BCUT2D eigenvalue weighted by atomic mass is 10.1. The summed E-state index contributed by atoms with van der Waals surface area (Å²) in [7, 11) is 0. The topological polar surface area (TPSA) is 62.1 Å². The van der Waals surface area contributed by atoms with Crippen LogP contribution >= 0.6 is 0 Å². The van der Waals surface area contributed by atoms with Crippen molar-refractivity contribution in [1.29, 1.82) is 5.26 Å². The number of nitrogens with one attached hydrogen (secondary N) is 1. The van der Waals surface area contributed by atoms with Crippen molar-refractivity contribution in [3.63, 3.8) is 0 Å². The second-order valence-corrected chi connectivity index (χ2v) is 4.66. The quantitative estimate of drug-likeness (QED) is 0.695. The minimum absolute atomic E-state index is 0.00509. The van der Waals surface area contributed by atoms with Gasteiger partial charge >= 0.3 is 0 Å². The van der Waals surface area contributed by atoms with E-state index in [1.165, 1.54) is 19.3 Å². The molecule has 1 N–H and O–H groups in total. The lowest BCUT2D eigenvalue weighted by Crippen LogP contribution is -2.12. The van der Waals surface area contributed by atoms with E-state index < -0.39 is 0 Å². The predicted molar refractivity (Wildman–Crippen MR) is 79.6 cm³/mol. The molecule has 20 heavy (non-hydrogen) atoms. The fourth-order valence-corrected chi connectivity index (χ4v) is 1.91. The molecular formula is C16H22N2O2. The Morgan fingerprint density at radius 1 is 1.25 bits per heavy atom. The highest BCUT2D eigenvalue weighted by Crippen LogP contribution is 2.23. The van der Waals surface area contributed by atoms with Crippen LogP contribution in [0.2, 0.25) is 0 Å². The minimum atomic E-state index is -0.0239. The van der Waals surface area contributed by atoms with Crippen molar-refractivity contribution in [3.05, 3.63) is 24.3 Å². The molecule has 0 aliphatic carbocycles. The van der Waals surface area contributed by atoms with Gasteiger partial charge in [-0.3, -0.25) is 4.79 Å². The highest BCUT2D eigenvalue weighted by atomic mass is 16.5. The van der Waals surface area contributed by atoms with E-state index in [4.69, 9.17) is 10.00 Å². The molecule has 1 aromatic carbocycles. The van der Waals surface area contributed by atoms with Crippen molar-refractivity contribution in [2.75, 3.05) is 11.9 Å². The van der Waals surface area contributed by atoms with E-state index in [0.717, 1.165) is 12.8 Å². The fourth-order valence-electron chi connectivity index (χ4n) is 1.91. The van der Waals surface area contributed by atoms with Crippen LogP contribution in [0, 0.1) is 11.3 Å². The first-order valence-electron chi connectivity index (χ1n) is 7.16. The molecule has 0 saturated heterocycles. The van der Waals surface area contributed by atoms with Crippen molar-refractivity contribution in [2.45, 2.75) is 45.4 Å². The Kier molecular flexibility index (Phi) is 7.90. The molecule has 0 unspecified atom stereocenters. The van der Waals surface area contributed by atoms with E-state index in [9.17, 15) is 4.79 Å². The maximum Gasteiger partial charge on any atom is 0.224 e. The Morgan fingerprint density at radius 3 is 2.75 bits per heavy atom. The van der Waals surface area contributed by atoms with Gasteiger partial charge in [0.05, 0.1) is 5.69 Å². The molecule has 0 bridgehead atoms. The number of amides is 1. The number of carbonyl (C=O) groups is 1. The molecule has 0 spiro atoms. The average molecular weight is 274 g/mol. The van der Waals surface area contributed by atoms with Gasteiger partial charge in [0.1, 0.15) is 11.8 Å². The SMILES string of the molecule is CCCCCCCC(=O)Nc1ccccc1OCC#N. The number of anilines is 1. The van der Waals surface area contributed by atoms with Crippen molar-refractivity contribution >= 4 is 11.6 Å². The molecular weight excluding hydrogens is 252 g/mol. The van der Waals surface area contributed by atoms with Gasteiger partial charge in [0.25, 0.3) is 0 Å². The first kappa shape index (κ1) is 16.0. The number of ether oxygens (including phenoxy) is 1. The van der Waals surface area contributed by atoms with E-state index in [-0.39, 0.29) is 12.5 Å². The lowest BCUT2D eigenvalue weighted by Gasteiger charge is -2.10. The third-order valence-corrected chi connectivity index (χ3v) is 2.96. The number of nitriles is 1. The van der Waals surface area contributed by atoms with Gasteiger partial charge in [0, 0.05) is 6.42 Å². The van der Waals surface area contributed by atoms with Gasteiger partial charge in [0.15, 0.2) is 6.61 Å². The first-order chi connectivity index (χ1) is 9.77. The summed E-state index contributed by atoms with van der Waals surface area (Å²) in [5.74, 6) is 0.530. The van der Waals surface area contributed by atoms with Gasteiger partial charge in [-0.05, 0) is 18.6 Å². The van der Waals surface area contributed by atoms with Gasteiger partial charge in [0.2, 0.25) is 5.91 Å². The molecule has 4 nitrogen and oxygen atoms in total. The standard InChI is InChI=1S/C16H22N2O2/c1-2-3-4-5-6-11-16(19)18-14-9-7-8-10-15(14)20-13-12-17/h7-10H,2-6,11,13H2,1H3,(H,18,19). The van der Waals surface area contributed by atoms with Crippen molar-refractivity contribution < 1.29 is 9.53 Å². The van der Waals surface area contributed by atoms with Crippen LogP contribution in [0.1, 0.15) is 45.4 Å². The Morgan fingerprint density at radius 2 is 2.00 bits per heavy atom. The molecule has 0 saturated carbocycles. The highest BCUT2D eigenvalue weighted by molar-refractivity contribution is 5.92. The maximum atomic E-state index is 11.8. The second-order valence-electron chi connectivity index (χ2n) is 4.66. The Bertz CT molecular complexity index is 452. The summed E-state index contributed by atoms with van der Waals surface area (Å²) in [6.45, 7) is 2.15. The van der Waals surface area contributed by atoms with Crippen LogP contribution in [-0.2, 0) is 4.79 Å². The summed E-state index contributed by atoms with van der Waals surface area (Å²) < 4.78 is 5.27. The van der Waals surface area contributed by atoms with Crippen LogP contribution in [0.5, 0.6) is 5.75 Å². The zero-order chi connectivity index (χ0) is 14.6. The molecule has 0 heterocycles. The smallest absolute Gasteiger partial charge is 0.224 e. The van der Waals surface area contributed by atoms with Crippen molar-refractivity contribution in [1.82, 2.24) is 0 Å². The third kappa shape index (κ3) is 6.24. The number of carbonyl (C=O) groups excluding carboxylic acids is 1. The molecule has 108 valence electrons. The Hall–Kier alpha value is -2.02. The summed E-state index contributed by atoms with van der Waals surface area (Å²) in [4.78, 5) is 11.8. The van der Waals surface area contributed by atoms with Crippen LogP contribution in [0.15, 0.2) is 24.3 Å². The van der Waals surface area contributed by atoms with Crippen LogP contribution in [-0.4, -0.2) is 12.5 Å². The number of hydrogen-bond donors (Lipinski definition) is 1. The van der Waals surface area contributed by atoms with E-state index in [0.29, 0.717) is 17.9 Å². The van der Waals surface area contributed by atoms with E-state index in [2.05, 4.69) is 12.2 Å². The van der Waals surface area contributed by atoms with E-state index >= 15 is 0 Å². The van der Waals surface area contributed by atoms with Crippen LogP contribution in [0.3, 0.4) is 0 Å². The summed E-state index contributed by atoms with van der Waals surface area (Å²) in [6, 6.07) is 9.08. The number of rotatable bonds is 9. The lowest BCUT2D eigenvalue weighted by molar-refractivity contribution is -0.116. The summed E-state index contributed by atoms with van der Waals surface area (Å²) in [5.41, 5.74) is 0.626. The first-order valence-corrected chi connectivity index (χ1v) is 7.16. The number of benzene rings is 1. The highest BCUT2D eigenvalue weighted by Gasteiger charge is 2.07. The Labute approximate surface area is 120 Å². The van der Waals surface area contributed by atoms with E-state index in [1.807, 2.05) is 18.2 Å². The molecule has 0 fully saturated rings. The molecule has 1 amide bonds. The molecule has 0 radical (unpaired) electrons. The molecule has 4 heteroatoms. The summed E-state index contributed by atoms with van der Waals surface area (Å²) >= 11 is 0. The minimum Gasteiger partial charge on any atom is -0.477 e. The maximum absolute atomic E-state index is 11.8. The molecule has 0 atom stereocenters. The normalized spacial score (nSPS) is 9.80. The molecule has 0 aliphatic heterocycles. The Balaban J connectivity index is 2.39. The molecule has 0 aromatic heterocycles. The number of unbranched alkanes of at least 4 members (excludes halogenated alkanes) is 4. The third-order valence-electron chi connectivity index (χ3n) is 2.96. The zero-order valence-corrected chi connectivity index (χ0v) is 12.0. The molecule has 1 aromatic rings. The molecule has 0 aliphatic rings. The van der Waals surface area contributed by atoms with Crippen LogP contribution < -0.4 is 10.1 Å². The van der Waals surface area contributed by atoms with Gasteiger partial charge in [-0.2, -0.15) is 5.26 Å². The van der Waals surface area contributed by atoms with Gasteiger partial charge in [-0.15, -0.1) is 0 Å². The second kappa shape index (κ2) is 9.85. The summed E-state index contributed by atoms with van der Waals surface area (Å²) in [6.07, 6.45) is 6.14. The largest absolute Gasteiger partial charge is 0.477 e. The molecule has 1 rings (SSSR count). The summed E-state index contributed by atoms with van der Waals surface area (Å²) in [5, 5.41) is 11.4. The number of nitrogens with zero attached hydrogens (tertiary/aromatic N) is 1.